The Morgan fingerprint density at radius 3 is 2.85 bits per heavy atom. The number of hydrogen-bond acceptors (Lipinski definition) is 3. The van der Waals surface area contributed by atoms with Crippen LogP contribution in [0.4, 0.5) is 0 Å². The van der Waals surface area contributed by atoms with E-state index in [1.165, 1.54) is 11.8 Å². The fourth-order valence-electron chi connectivity index (χ4n) is 2.60. The number of carbonyl (C=O) groups is 1. The highest BCUT2D eigenvalue weighted by Gasteiger charge is 2.25. The van der Waals surface area contributed by atoms with Crippen molar-refractivity contribution in [2.45, 2.75) is 12.5 Å². The molecule has 1 aliphatic rings. The van der Waals surface area contributed by atoms with E-state index in [0.29, 0.717) is 18.3 Å². The Hall–Kier alpha value is -2.07. The van der Waals surface area contributed by atoms with Crippen LogP contribution in [0.3, 0.4) is 0 Å². The molecule has 104 valence electrons. The number of furan rings is 1. The van der Waals surface area contributed by atoms with Crippen molar-refractivity contribution in [1.29, 1.82) is 0 Å². The maximum atomic E-state index is 12.3. The van der Waals surface area contributed by atoms with Gasteiger partial charge in [-0.3, -0.25) is 4.79 Å². The van der Waals surface area contributed by atoms with E-state index in [4.69, 9.17) is 4.42 Å². The van der Waals surface area contributed by atoms with E-state index in [1.807, 2.05) is 23.1 Å². The fraction of sp³-hybridized carbons (Fsp3) is 0.312. The summed E-state index contributed by atoms with van der Waals surface area (Å²) >= 11 is 0. The first kappa shape index (κ1) is 12.9. The molecule has 1 unspecified atom stereocenters. The van der Waals surface area contributed by atoms with Gasteiger partial charge in [0.1, 0.15) is 0 Å². The summed E-state index contributed by atoms with van der Waals surface area (Å²) in [5.41, 5.74) is 1.29. The summed E-state index contributed by atoms with van der Waals surface area (Å²) in [7, 11) is 0. The molecule has 0 aliphatic carbocycles. The maximum Gasteiger partial charge on any atom is 0.289 e. The maximum absolute atomic E-state index is 12.3. The van der Waals surface area contributed by atoms with E-state index in [2.05, 4.69) is 17.4 Å². The SMILES string of the molecule is O=C(c1ccco1)N1CCNC(Cc2ccccc2)C1. The van der Waals surface area contributed by atoms with Crippen molar-refractivity contribution in [1.82, 2.24) is 10.2 Å². The molecule has 2 aromatic rings. The second-order valence-electron chi connectivity index (χ2n) is 5.07. The van der Waals surface area contributed by atoms with Crippen molar-refractivity contribution in [2.24, 2.45) is 0 Å². The largest absolute Gasteiger partial charge is 0.459 e. The van der Waals surface area contributed by atoms with Crippen molar-refractivity contribution < 1.29 is 9.21 Å². The second kappa shape index (κ2) is 5.92. The fourth-order valence-corrected chi connectivity index (χ4v) is 2.60. The van der Waals surface area contributed by atoms with Gasteiger partial charge in [-0.2, -0.15) is 0 Å². The van der Waals surface area contributed by atoms with Gasteiger partial charge in [0.25, 0.3) is 5.91 Å². The molecule has 3 rings (SSSR count). The standard InChI is InChI=1S/C16H18N2O2/c19-16(15-7-4-10-20-15)18-9-8-17-14(12-18)11-13-5-2-1-3-6-13/h1-7,10,14,17H,8-9,11-12H2. The molecule has 1 aliphatic heterocycles. The highest BCUT2D eigenvalue weighted by atomic mass is 16.3. The molecule has 0 spiro atoms. The molecule has 0 saturated carbocycles. The zero-order valence-electron chi connectivity index (χ0n) is 11.3. The van der Waals surface area contributed by atoms with Gasteiger partial charge in [0, 0.05) is 25.7 Å². The number of benzene rings is 1. The summed E-state index contributed by atoms with van der Waals surface area (Å²) in [5.74, 6) is 0.403. The Bertz CT molecular complexity index is 551. The van der Waals surface area contributed by atoms with Crippen LogP contribution in [-0.2, 0) is 6.42 Å². The van der Waals surface area contributed by atoms with Crippen LogP contribution in [0.1, 0.15) is 16.1 Å². The molecule has 1 N–H and O–H groups in total. The van der Waals surface area contributed by atoms with E-state index in [1.54, 1.807) is 12.1 Å². The van der Waals surface area contributed by atoms with Gasteiger partial charge in [0.2, 0.25) is 0 Å². The third kappa shape index (κ3) is 2.91. The molecule has 1 saturated heterocycles. The van der Waals surface area contributed by atoms with Crippen molar-refractivity contribution in [3.8, 4) is 0 Å². The highest BCUT2D eigenvalue weighted by molar-refractivity contribution is 5.91. The van der Waals surface area contributed by atoms with Crippen molar-refractivity contribution in [2.75, 3.05) is 19.6 Å². The van der Waals surface area contributed by atoms with Gasteiger partial charge < -0.3 is 14.6 Å². The van der Waals surface area contributed by atoms with Crippen LogP contribution in [-0.4, -0.2) is 36.5 Å². The van der Waals surface area contributed by atoms with Crippen molar-refractivity contribution in [3.05, 3.63) is 60.1 Å². The van der Waals surface area contributed by atoms with E-state index in [0.717, 1.165) is 19.5 Å². The third-order valence-electron chi connectivity index (χ3n) is 3.60. The van der Waals surface area contributed by atoms with Gasteiger partial charge in [-0.25, -0.2) is 0 Å². The zero-order valence-corrected chi connectivity index (χ0v) is 11.3. The Balaban J connectivity index is 1.63. The summed E-state index contributed by atoms with van der Waals surface area (Å²) in [5, 5.41) is 3.47. The Kier molecular flexibility index (Phi) is 3.83. The summed E-state index contributed by atoms with van der Waals surface area (Å²) in [6.45, 7) is 2.27. The van der Waals surface area contributed by atoms with Crippen LogP contribution in [0.25, 0.3) is 0 Å². The van der Waals surface area contributed by atoms with Gasteiger partial charge in [-0.1, -0.05) is 30.3 Å². The molecule has 20 heavy (non-hydrogen) atoms. The van der Waals surface area contributed by atoms with E-state index in [-0.39, 0.29) is 5.91 Å². The lowest BCUT2D eigenvalue weighted by molar-refractivity contribution is 0.0671. The lowest BCUT2D eigenvalue weighted by Crippen LogP contribution is -2.53. The average molecular weight is 270 g/mol. The van der Waals surface area contributed by atoms with Gasteiger partial charge >= 0.3 is 0 Å². The molecule has 4 nitrogen and oxygen atoms in total. The minimum absolute atomic E-state index is 0.0189. The highest BCUT2D eigenvalue weighted by Crippen LogP contribution is 2.11. The molecule has 1 amide bonds. The molecule has 2 heterocycles. The number of rotatable bonds is 3. The third-order valence-corrected chi connectivity index (χ3v) is 3.60. The minimum Gasteiger partial charge on any atom is -0.459 e. The lowest BCUT2D eigenvalue weighted by Gasteiger charge is -2.33. The number of amides is 1. The Morgan fingerprint density at radius 2 is 2.10 bits per heavy atom. The molecule has 4 heteroatoms. The average Bonchev–Trinajstić information content (AvgIpc) is 3.02. The van der Waals surface area contributed by atoms with Gasteiger partial charge in [0.15, 0.2) is 5.76 Å². The first-order valence-electron chi connectivity index (χ1n) is 6.93. The van der Waals surface area contributed by atoms with E-state index < -0.39 is 0 Å². The topological polar surface area (TPSA) is 45.5 Å². The molecule has 1 atom stereocenters. The van der Waals surface area contributed by atoms with Crippen LogP contribution in [0.2, 0.25) is 0 Å². The second-order valence-corrected chi connectivity index (χ2v) is 5.07. The number of carbonyl (C=O) groups excluding carboxylic acids is 1. The zero-order chi connectivity index (χ0) is 13.8. The first-order valence-corrected chi connectivity index (χ1v) is 6.93. The predicted octanol–water partition coefficient (Wildman–Crippen LogP) is 1.94. The van der Waals surface area contributed by atoms with Crippen LogP contribution in [0.15, 0.2) is 53.1 Å². The van der Waals surface area contributed by atoms with E-state index in [9.17, 15) is 4.79 Å². The van der Waals surface area contributed by atoms with Crippen molar-refractivity contribution >= 4 is 5.91 Å². The molecule has 1 aromatic carbocycles. The molecule has 1 aromatic heterocycles. The number of hydrogen-bond donors (Lipinski definition) is 1. The summed E-state index contributed by atoms with van der Waals surface area (Å²) in [6.07, 6.45) is 2.47. The van der Waals surface area contributed by atoms with Crippen LogP contribution in [0, 0.1) is 0 Å². The van der Waals surface area contributed by atoms with Crippen molar-refractivity contribution in [3.63, 3.8) is 0 Å². The van der Waals surface area contributed by atoms with Gasteiger partial charge in [-0.05, 0) is 24.1 Å². The molecular formula is C16H18N2O2. The normalized spacial score (nSPS) is 19.0. The van der Waals surface area contributed by atoms with Crippen LogP contribution in [0.5, 0.6) is 0 Å². The first-order chi connectivity index (χ1) is 9.83. The lowest BCUT2D eigenvalue weighted by atomic mass is 10.0. The minimum atomic E-state index is -0.0189. The summed E-state index contributed by atoms with van der Waals surface area (Å²) in [4.78, 5) is 14.1. The summed E-state index contributed by atoms with van der Waals surface area (Å²) in [6, 6.07) is 14.1. The molecule has 0 bridgehead atoms. The molecule has 0 radical (unpaired) electrons. The smallest absolute Gasteiger partial charge is 0.289 e. The Labute approximate surface area is 118 Å². The molecular weight excluding hydrogens is 252 g/mol. The van der Waals surface area contributed by atoms with Gasteiger partial charge in [0.05, 0.1) is 6.26 Å². The molecule has 1 fully saturated rings. The predicted molar refractivity (Wildman–Crippen MR) is 76.5 cm³/mol. The van der Waals surface area contributed by atoms with Gasteiger partial charge in [-0.15, -0.1) is 0 Å². The number of piperazine rings is 1. The van der Waals surface area contributed by atoms with Crippen LogP contribution < -0.4 is 5.32 Å². The Morgan fingerprint density at radius 1 is 1.25 bits per heavy atom. The number of nitrogens with zero attached hydrogens (tertiary/aromatic N) is 1. The quantitative estimate of drug-likeness (QED) is 0.927. The van der Waals surface area contributed by atoms with E-state index >= 15 is 0 Å². The summed E-state index contributed by atoms with van der Waals surface area (Å²) < 4.78 is 5.19. The van der Waals surface area contributed by atoms with Crippen LogP contribution >= 0.6 is 0 Å². The number of nitrogens with one attached hydrogen (secondary N) is 1. The monoisotopic (exact) mass is 270 g/mol.